The third-order valence-corrected chi connectivity index (χ3v) is 5.51. The molecule has 164 valence electrons. The number of nitrogens with one attached hydrogen (secondary N) is 2. The average Bonchev–Trinajstić information content (AvgIpc) is 3.23. The maximum Gasteiger partial charge on any atom is 0.255 e. The van der Waals surface area contributed by atoms with E-state index in [2.05, 4.69) is 24.5 Å². The van der Waals surface area contributed by atoms with Crippen molar-refractivity contribution in [3.05, 3.63) is 65.2 Å². The molecule has 31 heavy (non-hydrogen) atoms. The van der Waals surface area contributed by atoms with Gasteiger partial charge in [0.15, 0.2) is 0 Å². The zero-order valence-electron chi connectivity index (χ0n) is 18.5. The van der Waals surface area contributed by atoms with Crippen LogP contribution < -0.4 is 10.6 Å². The minimum absolute atomic E-state index is 0.0754. The Morgan fingerprint density at radius 2 is 1.81 bits per heavy atom. The van der Waals surface area contributed by atoms with Gasteiger partial charge in [0.2, 0.25) is 5.91 Å². The minimum atomic E-state index is -0.416. The molecule has 3 amide bonds. The van der Waals surface area contributed by atoms with Gasteiger partial charge in [0.25, 0.3) is 11.8 Å². The molecule has 1 unspecified atom stereocenters. The first-order valence-electron chi connectivity index (χ1n) is 10.9. The van der Waals surface area contributed by atoms with Crippen molar-refractivity contribution in [3.8, 4) is 0 Å². The summed E-state index contributed by atoms with van der Waals surface area (Å²) in [4.78, 5) is 39.6. The summed E-state index contributed by atoms with van der Waals surface area (Å²) in [5.41, 5.74) is 2.73. The highest BCUT2D eigenvalue weighted by Crippen LogP contribution is 2.21. The Morgan fingerprint density at radius 3 is 2.48 bits per heavy atom. The summed E-state index contributed by atoms with van der Waals surface area (Å²) in [5, 5.41) is 5.81. The van der Waals surface area contributed by atoms with Crippen molar-refractivity contribution >= 4 is 23.4 Å². The Balaban J connectivity index is 1.61. The first-order valence-corrected chi connectivity index (χ1v) is 10.9. The molecule has 1 atom stereocenters. The zero-order valence-corrected chi connectivity index (χ0v) is 18.5. The van der Waals surface area contributed by atoms with Crippen LogP contribution in [-0.4, -0.2) is 41.8 Å². The predicted molar refractivity (Wildman–Crippen MR) is 122 cm³/mol. The lowest BCUT2D eigenvalue weighted by Gasteiger charge is -2.24. The van der Waals surface area contributed by atoms with Gasteiger partial charge in [-0.25, -0.2) is 0 Å². The monoisotopic (exact) mass is 421 g/mol. The SMILES string of the molecule is Cc1cccc(C(=O)Nc2ccc(C(=O)N3CCCC3C(=O)NCCC(C)C)cc2)c1. The molecule has 2 aromatic carbocycles. The van der Waals surface area contributed by atoms with E-state index in [1.54, 1.807) is 35.2 Å². The second-order valence-electron chi connectivity index (χ2n) is 8.53. The second kappa shape index (κ2) is 10.2. The molecular formula is C25H31N3O3. The molecule has 2 aromatic rings. The highest BCUT2D eigenvalue weighted by molar-refractivity contribution is 6.04. The number of rotatable bonds is 7. The van der Waals surface area contributed by atoms with Crippen LogP contribution in [0.2, 0.25) is 0 Å². The Bertz CT molecular complexity index is 937. The van der Waals surface area contributed by atoms with Crippen LogP contribution in [0.3, 0.4) is 0 Å². The molecule has 6 nitrogen and oxygen atoms in total. The molecule has 6 heteroatoms. The van der Waals surface area contributed by atoms with Crippen LogP contribution in [0.1, 0.15) is 59.4 Å². The number of benzene rings is 2. The molecule has 1 fully saturated rings. The number of hydrogen-bond donors (Lipinski definition) is 2. The van der Waals surface area contributed by atoms with Crippen LogP contribution in [0.5, 0.6) is 0 Å². The van der Waals surface area contributed by atoms with Gasteiger partial charge >= 0.3 is 0 Å². The summed E-state index contributed by atoms with van der Waals surface area (Å²) in [5.74, 6) is 0.0959. The van der Waals surface area contributed by atoms with Crippen molar-refractivity contribution in [1.82, 2.24) is 10.2 Å². The Labute approximate surface area is 184 Å². The smallest absolute Gasteiger partial charge is 0.255 e. The van der Waals surface area contributed by atoms with Gasteiger partial charge in [-0.15, -0.1) is 0 Å². The van der Waals surface area contributed by atoms with Crippen molar-refractivity contribution < 1.29 is 14.4 Å². The third-order valence-electron chi connectivity index (χ3n) is 5.51. The van der Waals surface area contributed by atoms with Gasteiger partial charge in [-0.2, -0.15) is 0 Å². The molecule has 0 spiro atoms. The molecule has 1 saturated heterocycles. The third kappa shape index (κ3) is 5.94. The predicted octanol–water partition coefficient (Wildman–Crippen LogP) is 4.01. The van der Waals surface area contributed by atoms with Crippen LogP contribution in [0.15, 0.2) is 48.5 Å². The number of hydrogen-bond acceptors (Lipinski definition) is 3. The number of nitrogens with zero attached hydrogens (tertiary/aromatic N) is 1. The molecule has 0 aromatic heterocycles. The fourth-order valence-electron chi connectivity index (χ4n) is 3.74. The summed E-state index contributed by atoms with van der Waals surface area (Å²) in [6.45, 7) is 7.37. The van der Waals surface area contributed by atoms with Crippen molar-refractivity contribution in [2.45, 2.75) is 46.1 Å². The molecule has 0 aliphatic carbocycles. The second-order valence-corrected chi connectivity index (χ2v) is 8.53. The quantitative estimate of drug-likeness (QED) is 0.709. The maximum absolute atomic E-state index is 13.0. The highest BCUT2D eigenvalue weighted by atomic mass is 16.2. The molecule has 3 rings (SSSR count). The number of amides is 3. The molecule has 0 radical (unpaired) electrons. The van der Waals surface area contributed by atoms with Gasteiger partial charge < -0.3 is 15.5 Å². The molecule has 0 saturated carbocycles. The molecule has 1 aliphatic heterocycles. The number of carbonyl (C=O) groups excluding carboxylic acids is 3. The van der Waals surface area contributed by atoms with E-state index in [1.807, 2.05) is 25.1 Å². The van der Waals surface area contributed by atoms with Crippen LogP contribution in [0, 0.1) is 12.8 Å². The first-order chi connectivity index (χ1) is 14.8. The van der Waals surface area contributed by atoms with E-state index >= 15 is 0 Å². The summed E-state index contributed by atoms with van der Waals surface area (Å²) in [7, 11) is 0. The minimum Gasteiger partial charge on any atom is -0.354 e. The van der Waals surface area contributed by atoms with Crippen LogP contribution in [0.25, 0.3) is 0 Å². The lowest BCUT2D eigenvalue weighted by atomic mass is 10.1. The van der Waals surface area contributed by atoms with E-state index in [4.69, 9.17) is 0 Å². The lowest BCUT2D eigenvalue weighted by Crippen LogP contribution is -2.46. The number of anilines is 1. The standard InChI is InChI=1S/C25H31N3O3/c1-17(2)13-14-26-24(30)22-8-5-15-28(22)25(31)19-9-11-21(12-10-19)27-23(29)20-7-4-6-18(3)16-20/h4,6-7,9-12,16-17,22H,5,8,13-15H2,1-3H3,(H,26,30)(H,27,29). The Hall–Kier alpha value is -3.15. The van der Waals surface area contributed by atoms with Gasteiger partial charge in [-0.1, -0.05) is 31.5 Å². The van der Waals surface area contributed by atoms with Gasteiger partial charge in [0.05, 0.1) is 0 Å². The molecular weight excluding hydrogens is 390 g/mol. The number of likely N-dealkylation sites (tertiary alicyclic amines) is 1. The van der Waals surface area contributed by atoms with E-state index in [9.17, 15) is 14.4 Å². The molecule has 1 aliphatic rings. The van der Waals surface area contributed by atoms with Crippen molar-refractivity contribution in [1.29, 1.82) is 0 Å². The largest absolute Gasteiger partial charge is 0.354 e. The molecule has 1 heterocycles. The van der Waals surface area contributed by atoms with Gasteiger partial charge in [0.1, 0.15) is 6.04 Å². The van der Waals surface area contributed by atoms with Gasteiger partial charge in [-0.3, -0.25) is 14.4 Å². The summed E-state index contributed by atoms with van der Waals surface area (Å²) < 4.78 is 0. The Morgan fingerprint density at radius 1 is 1.06 bits per heavy atom. The molecule has 0 bridgehead atoms. The number of carbonyl (C=O) groups is 3. The van der Waals surface area contributed by atoms with E-state index in [0.29, 0.717) is 42.2 Å². The van der Waals surface area contributed by atoms with Crippen LogP contribution >= 0.6 is 0 Å². The highest BCUT2D eigenvalue weighted by Gasteiger charge is 2.34. The average molecular weight is 422 g/mol. The number of aryl methyl sites for hydroxylation is 1. The van der Waals surface area contributed by atoms with Crippen molar-refractivity contribution in [2.75, 3.05) is 18.4 Å². The maximum atomic E-state index is 13.0. The van der Waals surface area contributed by atoms with Gasteiger partial charge in [-0.05, 0) is 68.5 Å². The fourth-order valence-corrected chi connectivity index (χ4v) is 3.74. The van der Waals surface area contributed by atoms with Crippen LogP contribution in [-0.2, 0) is 4.79 Å². The molecule has 2 N–H and O–H groups in total. The summed E-state index contributed by atoms with van der Waals surface area (Å²) >= 11 is 0. The fraction of sp³-hybridized carbons (Fsp3) is 0.400. The van der Waals surface area contributed by atoms with E-state index in [-0.39, 0.29) is 17.7 Å². The van der Waals surface area contributed by atoms with E-state index in [0.717, 1.165) is 18.4 Å². The van der Waals surface area contributed by atoms with Crippen LogP contribution in [0.4, 0.5) is 5.69 Å². The summed E-state index contributed by atoms with van der Waals surface area (Å²) in [6, 6.07) is 13.8. The van der Waals surface area contributed by atoms with Gasteiger partial charge in [0, 0.05) is 29.9 Å². The Kier molecular flexibility index (Phi) is 7.45. The first kappa shape index (κ1) is 22.5. The zero-order chi connectivity index (χ0) is 22.4. The van der Waals surface area contributed by atoms with E-state index < -0.39 is 6.04 Å². The summed E-state index contributed by atoms with van der Waals surface area (Å²) in [6.07, 6.45) is 2.42. The van der Waals surface area contributed by atoms with Crippen molar-refractivity contribution in [2.24, 2.45) is 5.92 Å². The normalized spacial score (nSPS) is 15.7. The van der Waals surface area contributed by atoms with Crippen molar-refractivity contribution in [3.63, 3.8) is 0 Å². The topological polar surface area (TPSA) is 78.5 Å². The lowest BCUT2D eigenvalue weighted by molar-refractivity contribution is -0.124. The van der Waals surface area contributed by atoms with E-state index in [1.165, 1.54) is 0 Å².